The lowest BCUT2D eigenvalue weighted by Crippen LogP contribution is -2.04. The normalized spacial score (nSPS) is 10.7. The molecule has 0 saturated carbocycles. The number of pyridine rings is 1. The van der Waals surface area contributed by atoms with E-state index in [1.807, 2.05) is 0 Å². The summed E-state index contributed by atoms with van der Waals surface area (Å²) in [6.45, 7) is 0.180. The molecule has 0 radical (unpaired) electrons. The monoisotopic (exact) mass is 409 g/mol. The Hall–Kier alpha value is -4.07. The number of aromatic nitrogens is 1. The minimum absolute atomic E-state index is 0.0102. The average Bonchev–Trinajstić information content (AvgIpc) is 2.74. The summed E-state index contributed by atoms with van der Waals surface area (Å²) in [4.78, 5) is 16.5. The molecule has 4 aromatic rings. The molecular formula is C22H16FNO6. The zero-order valence-electron chi connectivity index (χ0n) is 15.8. The van der Waals surface area contributed by atoms with Gasteiger partial charge in [-0.05, 0) is 42.0 Å². The van der Waals surface area contributed by atoms with Crippen LogP contribution in [0.1, 0.15) is 5.56 Å². The number of ether oxygens (including phenoxy) is 3. The highest BCUT2D eigenvalue weighted by atomic mass is 19.1. The first-order valence-electron chi connectivity index (χ1n) is 8.88. The lowest BCUT2D eigenvalue weighted by atomic mass is 10.2. The summed E-state index contributed by atoms with van der Waals surface area (Å²) in [6, 6.07) is 11.3. The molecule has 2 heterocycles. The molecule has 30 heavy (non-hydrogen) atoms. The van der Waals surface area contributed by atoms with E-state index in [1.165, 1.54) is 37.4 Å². The van der Waals surface area contributed by atoms with Crippen LogP contribution in [0.3, 0.4) is 0 Å². The lowest BCUT2D eigenvalue weighted by Gasteiger charge is -2.14. The number of phenols is 1. The fourth-order valence-corrected chi connectivity index (χ4v) is 2.85. The molecule has 0 fully saturated rings. The molecule has 2 aromatic heterocycles. The smallest absolute Gasteiger partial charge is 0.294 e. The van der Waals surface area contributed by atoms with Crippen LogP contribution in [0.2, 0.25) is 0 Å². The maximum atomic E-state index is 13.1. The predicted molar refractivity (Wildman–Crippen MR) is 106 cm³/mol. The van der Waals surface area contributed by atoms with Crippen molar-refractivity contribution >= 4 is 11.0 Å². The first kappa shape index (κ1) is 19.3. The van der Waals surface area contributed by atoms with Gasteiger partial charge in [-0.25, -0.2) is 4.39 Å². The average molecular weight is 409 g/mol. The Kier molecular flexibility index (Phi) is 5.21. The second-order valence-electron chi connectivity index (χ2n) is 6.26. The number of phenolic OH excluding ortho intramolecular Hbond substituents is 1. The maximum absolute atomic E-state index is 13.1. The molecule has 0 aliphatic carbocycles. The predicted octanol–water partition coefficient (Wildman–Crippen LogP) is 4.41. The molecule has 8 heteroatoms. The van der Waals surface area contributed by atoms with Gasteiger partial charge < -0.3 is 23.7 Å². The Balaban J connectivity index is 1.73. The summed E-state index contributed by atoms with van der Waals surface area (Å²) in [5.41, 5.74) is 0.356. The molecule has 0 spiro atoms. The third kappa shape index (κ3) is 3.88. The highest BCUT2D eigenvalue weighted by Crippen LogP contribution is 2.42. The zero-order chi connectivity index (χ0) is 21.1. The summed E-state index contributed by atoms with van der Waals surface area (Å²) in [5, 5.41) is 10.5. The summed E-state index contributed by atoms with van der Waals surface area (Å²) in [7, 11) is 1.35. The molecule has 0 amide bonds. The molecule has 0 aliphatic rings. The SMILES string of the molecule is COc1c(OCc2ccncc2)cc2oc(Oc3ccc(F)cc3)cc(=O)c2c1O. The van der Waals surface area contributed by atoms with Crippen LogP contribution in [-0.4, -0.2) is 17.2 Å². The van der Waals surface area contributed by atoms with Gasteiger partial charge in [0.25, 0.3) is 5.95 Å². The number of methoxy groups -OCH3 is 1. The van der Waals surface area contributed by atoms with E-state index in [-0.39, 0.29) is 40.8 Å². The largest absolute Gasteiger partial charge is 0.504 e. The summed E-state index contributed by atoms with van der Waals surface area (Å²) >= 11 is 0. The van der Waals surface area contributed by atoms with E-state index in [0.717, 1.165) is 11.6 Å². The van der Waals surface area contributed by atoms with Gasteiger partial charge in [0.05, 0.1) is 13.2 Å². The van der Waals surface area contributed by atoms with Crippen molar-refractivity contribution in [2.24, 2.45) is 0 Å². The van der Waals surface area contributed by atoms with Crippen molar-refractivity contribution < 1.29 is 28.1 Å². The fourth-order valence-electron chi connectivity index (χ4n) is 2.85. The van der Waals surface area contributed by atoms with E-state index < -0.39 is 17.0 Å². The second kappa shape index (κ2) is 8.12. The lowest BCUT2D eigenvalue weighted by molar-refractivity contribution is 0.277. The van der Waals surface area contributed by atoms with Gasteiger partial charge >= 0.3 is 0 Å². The minimum atomic E-state index is -0.537. The van der Waals surface area contributed by atoms with E-state index in [9.17, 15) is 14.3 Å². The molecule has 7 nitrogen and oxygen atoms in total. The topological polar surface area (TPSA) is 91.0 Å². The Morgan fingerprint density at radius 2 is 1.83 bits per heavy atom. The molecular weight excluding hydrogens is 393 g/mol. The zero-order valence-corrected chi connectivity index (χ0v) is 15.8. The number of hydrogen-bond acceptors (Lipinski definition) is 7. The molecule has 152 valence electrons. The third-order valence-corrected chi connectivity index (χ3v) is 4.27. The Labute approximate surface area is 169 Å². The Bertz CT molecular complexity index is 1240. The van der Waals surface area contributed by atoms with Crippen LogP contribution in [0, 0.1) is 5.82 Å². The van der Waals surface area contributed by atoms with Crippen LogP contribution in [0.5, 0.6) is 28.9 Å². The Morgan fingerprint density at radius 3 is 2.53 bits per heavy atom. The van der Waals surface area contributed by atoms with Crippen molar-refractivity contribution in [3.63, 3.8) is 0 Å². The van der Waals surface area contributed by atoms with Gasteiger partial charge in [-0.3, -0.25) is 9.78 Å². The maximum Gasteiger partial charge on any atom is 0.294 e. The molecule has 1 N–H and O–H groups in total. The van der Waals surface area contributed by atoms with Crippen molar-refractivity contribution in [1.29, 1.82) is 0 Å². The van der Waals surface area contributed by atoms with Gasteiger partial charge in [0.2, 0.25) is 11.2 Å². The summed E-state index contributed by atoms with van der Waals surface area (Å²) in [5.74, 6) is -0.468. The van der Waals surface area contributed by atoms with Crippen molar-refractivity contribution in [1.82, 2.24) is 4.98 Å². The van der Waals surface area contributed by atoms with Crippen LogP contribution in [0.15, 0.2) is 70.1 Å². The van der Waals surface area contributed by atoms with Crippen molar-refractivity contribution in [2.45, 2.75) is 6.61 Å². The van der Waals surface area contributed by atoms with E-state index in [2.05, 4.69) is 4.98 Å². The van der Waals surface area contributed by atoms with Crippen molar-refractivity contribution in [3.05, 3.63) is 82.5 Å². The van der Waals surface area contributed by atoms with Crippen molar-refractivity contribution in [2.75, 3.05) is 7.11 Å². The highest BCUT2D eigenvalue weighted by Gasteiger charge is 2.20. The number of benzene rings is 2. The number of fused-ring (bicyclic) bond motifs is 1. The second-order valence-corrected chi connectivity index (χ2v) is 6.26. The first-order chi connectivity index (χ1) is 14.5. The van der Waals surface area contributed by atoms with Crippen LogP contribution in [0.25, 0.3) is 11.0 Å². The number of aromatic hydroxyl groups is 1. The van der Waals surface area contributed by atoms with Crippen molar-refractivity contribution in [3.8, 4) is 28.9 Å². The molecule has 4 rings (SSSR count). The molecule has 0 aliphatic heterocycles. The van der Waals surface area contributed by atoms with Crippen LogP contribution in [0.4, 0.5) is 4.39 Å². The third-order valence-electron chi connectivity index (χ3n) is 4.27. The quantitative estimate of drug-likeness (QED) is 0.504. The Morgan fingerprint density at radius 1 is 1.10 bits per heavy atom. The van der Waals surface area contributed by atoms with Crippen LogP contribution < -0.4 is 19.6 Å². The molecule has 0 saturated heterocycles. The van der Waals surface area contributed by atoms with Gasteiger partial charge in [-0.2, -0.15) is 0 Å². The van der Waals surface area contributed by atoms with Gasteiger partial charge in [-0.15, -0.1) is 0 Å². The summed E-state index contributed by atoms with van der Waals surface area (Å²) < 4.78 is 35.2. The van der Waals surface area contributed by atoms with Crippen LogP contribution >= 0.6 is 0 Å². The van der Waals surface area contributed by atoms with E-state index in [0.29, 0.717) is 0 Å². The molecule has 2 aromatic carbocycles. The molecule has 0 unspecified atom stereocenters. The number of halogens is 1. The van der Waals surface area contributed by atoms with Gasteiger partial charge in [0.1, 0.15) is 29.1 Å². The van der Waals surface area contributed by atoms with Crippen LogP contribution in [-0.2, 0) is 6.61 Å². The van der Waals surface area contributed by atoms with E-state index >= 15 is 0 Å². The van der Waals surface area contributed by atoms with Gasteiger partial charge in [0, 0.05) is 18.5 Å². The standard InChI is InChI=1S/C22H16FNO6/c1-27-22-18(28-12-13-6-8-24-9-7-13)11-17-20(21(22)26)16(25)10-19(30-17)29-15-4-2-14(23)3-5-15/h2-11,26H,12H2,1H3. The van der Waals surface area contributed by atoms with Gasteiger partial charge in [0.15, 0.2) is 11.5 Å². The fraction of sp³-hybridized carbons (Fsp3) is 0.0909. The highest BCUT2D eigenvalue weighted by molar-refractivity contribution is 5.88. The van der Waals surface area contributed by atoms with E-state index in [1.54, 1.807) is 24.5 Å². The molecule has 0 atom stereocenters. The summed E-state index contributed by atoms with van der Waals surface area (Å²) in [6.07, 6.45) is 3.26. The van der Waals surface area contributed by atoms with Gasteiger partial charge in [-0.1, -0.05) is 0 Å². The number of nitrogens with zero attached hydrogens (tertiary/aromatic N) is 1. The number of hydrogen-bond donors (Lipinski definition) is 1. The van der Waals surface area contributed by atoms with E-state index in [4.69, 9.17) is 18.6 Å². The number of rotatable bonds is 6. The minimum Gasteiger partial charge on any atom is -0.504 e. The molecule has 0 bridgehead atoms. The first-order valence-corrected chi connectivity index (χ1v) is 8.88.